The van der Waals surface area contributed by atoms with Crippen LogP contribution in [0.25, 0.3) is 0 Å². The Kier molecular flexibility index (Phi) is 3.72. The molecule has 0 saturated carbocycles. The third-order valence-corrected chi connectivity index (χ3v) is 3.92. The van der Waals surface area contributed by atoms with E-state index in [4.69, 9.17) is 4.98 Å². The largest absolute Gasteiger partial charge is 0.311 e. The van der Waals surface area contributed by atoms with E-state index in [1.165, 1.54) is 30.2 Å². The molecule has 1 unspecified atom stereocenters. The normalized spacial score (nSPS) is 22.4. The van der Waals surface area contributed by atoms with Crippen molar-refractivity contribution in [3.05, 3.63) is 16.1 Å². The van der Waals surface area contributed by atoms with Crippen molar-refractivity contribution >= 4 is 11.3 Å². The molecule has 0 radical (unpaired) electrons. The van der Waals surface area contributed by atoms with E-state index in [0.717, 1.165) is 13.1 Å². The number of aromatic nitrogens is 1. The quantitative estimate of drug-likeness (QED) is 0.845. The third-order valence-electron chi connectivity index (χ3n) is 2.87. The molecule has 0 amide bonds. The van der Waals surface area contributed by atoms with E-state index < -0.39 is 0 Å². The van der Waals surface area contributed by atoms with E-state index in [1.807, 2.05) is 11.3 Å². The summed E-state index contributed by atoms with van der Waals surface area (Å²) >= 11 is 1.82. The smallest absolute Gasteiger partial charge is 0.0973 e. The summed E-state index contributed by atoms with van der Waals surface area (Å²) in [4.78, 5) is 7.08. The van der Waals surface area contributed by atoms with E-state index in [-0.39, 0.29) is 0 Å². The minimum Gasteiger partial charge on any atom is -0.311 e. The minimum atomic E-state index is 0.676. The van der Waals surface area contributed by atoms with Crippen LogP contribution in [-0.2, 0) is 6.54 Å². The van der Waals surface area contributed by atoms with E-state index in [2.05, 4.69) is 29.6 Å². The zero-order valence-electron chi connectivity index (χ0n) is 9.49. The maximum atomic E-state index is 4.69. The van der Waals surface area contributed by atoms with Gasteiger partial charge in [-0.3, -0.25) is 0 Å². The van der Waals surface area contributed by atoms with Gasteiger partial charge in [0, 0.05) is 24.4 Å². The molecule has 0 spiro atoms. The highest BCUT2D eigenvalue weighted by Crippen LogP contribution is 2.28. The van der Waals surface area contributed by atoms with E-state index in [9.17, 15) is 0 Å². The molecule has 15 heavy (non-hydrogen) atoms. The fourth-order valence-electron chi connectivity index (χ4n) is 1.98. The lowest BCUT2D eigenvalue weighted by Crippen LogP contribution is -2.14. The first-order valence-electron chi connectivity index (χ1n) is 5.63. The number of hydrogen-bond acceptors (Lipinski definition) is 4. The van der Waals surface area contributed by atoms with Gasteiger partial charge >= 0.3 is 0 Å². The zero-order chi connectivity index (χ0) is 10.7. The van der Waals surface area contributed by atoms with Crippen LogP contribution in [0.15, 0.2) is 5.38 Å². The fourth-order valence-corrected chi connectivity index (χ4v) is 2.93. The summed E-state index contributed by atoms with van der Waals surface area (Å²) in [6.07, 6.45) is 1.27. The van der Waals surface area contributed by atoms with Crippen LogP contribution in [0.4, 0.5) is 0 Å². The lowest BCUT2D eigenvalue weighted by atomic mass is 10.1. The monoisotopic (exact) mass is 225 g/mol. The van der Waals surface area contributed by atoms with Gasteiger partial charge in [0.2, 0.25) is 0 Å². The summed E-state index contributed by atoms with van der Waals surface area (Å²) in [5.74, 6) is 0.676. The van der Waals surface area contributed by atoms with Crippen molar-refractivity contribution in [2.75, 3.05) is 26.7 Å². The van der Waals surface area contributed by atoms with E-state index in [1.54, 1.807) is 0 Å². The number of likely N-dealkylation sites (tertiary alicyclic amines) is 1. The molecule has 2 heterocycles. The SMILES string of the molecule is CCNCc1csc(C2CCN(C)C2)n1. The van der Waals surface area contributed by atoms with Crippen molar-refractivity contribution in [3.63, 3.8) is 0 Å². The number of thiazole rings is 1. The van der Waals surface area contributed by atoms with Gasteiger partial charge in [0.05, 0.1) is 10.7 Å². The first-order valence-corrected chi connectivity index (χ1v) is 6.51. The Morgan fingerprint density at radius 3 is 3.20 bits per heavy atom. The van der Waals surface area contributed by atoms with Gasteiger partial charge in [-0.2, -0.15) is 0 Å². The molecular weight excluding hydrogens is 206 g/mol. The predicted octanol–water partition coefficient (Wildman–Crippen LogP) is 1.67. The molecule has 0 bridgehead atoms. The summed E-state index contributed by atoms with van der Waals surface area (Å²) in [6.45, 7) is 6.44. The average Bonchev–Trinajstić information content (AvgIpc) is 2.83. The number of hydrogen-bond donors (Lipinski definition) is 1. The topological polar surface area (TPSA) is 28.2 Å². The number of nitrogens with zero attached hydrogens (tertiary/aromatic N) is 2. The Labute approximate surface area is 95.5 Å². The van der Waals surface area contributed by atoms with Gasteiger partial charge in [-0.15, -0.1) is 11.3 Å². The highest BCUT2D eigenvalue weighted by Gasteiger charge is 2.23. The van der Waals surface area contributed by atoms with Gasteiger partial charge in [0.1, 0.15) is 0 Å². The van der Waals surface area contributed by atoms with Gasteiger partial charge in [-0.25, -0.2) is 4.98 Å². The molecule has 1 atom stereocenters. The molecule has 1 saturated heterocycles. The van der Waals surface area contributed by atoms with Crippen LogP contribution >= 0.6 is 11.3 Å². The Morgan fingerprint density at radius 1 is 1.67 bits per heavy atom. The molecule has 0 aromatic carbocycles. The Bertz CT molecular complexity index is 311. The maximum Gasteiger partial charge on any atom is 0.0973 e. The molecule has 1 fully saturated rings. The standard InChI is InChI=1S/C11H19N3S/c1-3-12-6-10-8-15-11(13-10)9-4-5-14(2)7-9/h8-9,12H,3-7H2,1-2H3. The van der Waals surface area contributed by atoms with E-state index >= 15 is 0 Å². The van der Waals surface area contributed by atoms with Gasteiger partial charge < -0.3 is 10.2 Å². The van der Waals surface area contributed by atoms with Crippen molar-refractivity contribution in [1.82, 2.24) is 15.2 Å². The second-order valence-corrected chi connectivity index (χ2v) is 5.09. The zero-order valence-corrected chi connectivity index (χ0v) is 10.3. The molecule has 1 aliphatic rings. The Hall–Kier alpha value is -0.450. The molecular formula is C11H19N3S. The van der Waals surface area contributed by atoms with E-state index in [0.29, 0.717) is 5.92 Å². The number of likely N-dealkylation sites (N-methyl/N-ethyl adjacent to an activating group) is 1. The predicted molar refractivity (Wildman–Crippen MR) is 64.3 cm³/mol. The van der Waals surface area contributed by atoms with Gasteiger partial charge in [0.15, 0.2) is 0 Å². The molecule has 1 aromatic rings. The molecule has 2 rings (SSSR count). The highest BCUT2D eigenvalue weighted by molar-refractivity contribution is 7.09. The van der Waals surface area contributed by atoms with Crippen molar-refractivity contribution in [2.45, 2.75) is 25.8 Å². The van der Waals surface area contributed by atoms with Gasteiger partial charge in [-0.1, -0.05) is 6.92 Å². The average molecular weight is 225 g/mol. The third kappa shape index (κ3) is 2.77. The van der Waals surface area contributed by atoms with Crippen LogP contribution in [0.2, 0.25) is 0 Å². The first kappa shape index (κ1) is 11.0. The summed E-state index contributed by atoms with van der Waals surface area (Å²) in [6, 6.07) is 0. The molecule has 1 aliphatic heterocycles. The molecule has 3 nitrogen and oxygen atoms in total. The van der Waals surface area contributed by atoms with Crippen molar-refractivity contribution in [3.8, 4) is 0 Å². The Morgan fingerprint density at radius 2 is 2.53 bits per heavy atom. The summed E-state index contributed by atoms with van der Waals surface area (Å²) in [5, 5.41) is 6.83. The van der Waals surface area contributed by atoms with Gasteiger partial charge in [-0.05, 0) is 26.6 Å². The van der Waals surface area contributed by atoms with Crippen LogP contribution in [0.3, 0.4) is 0 Å². The van der Waals surface area contributed by atoms with Crippen molar-refractivity contribution in [2.24, 2.45) is 0 Å². The fraction of sp³-hybridized carbons (Fsp3) is 0.727. The minimum absolute atomic E-state index is 0.676. The lowest BCUT2D eigenvalue weighted by molar-refractivity contribution is 0.411. The van der Waals surface area contributed by atoms with Crippen LogP contribution in [0.1, 0.15) is 30.0 Å². The van der Waals surface area contributed by atoms with Crippen LogP contribution in [0, 0.1) is 0 Å². The summed E-state index contributed by atoms with van der Waals surface area (Å²) in [5.41, 5.74) is 1.20. The summed E-state index contributed by atoms with van der Waals surface area (Å²) in [7, 11) is 2.19. The van der Waals surface area contributed by atoms with Crippen LogP contribution < -0.4 is 5.32 Å². The maximum absolute atomic E-state index is 4.69. The van der Waals surface area contributed by atoms with Crippen LogP contribution in [-0.4, -0.2) is 36.6 Å². The van der Waals surface area contributed by atoms with Crippen molar-refractivity contribution in [1.29, 1.82) is 0 Å². The lowest BCUT2D eigenvalue weighted by Gasteiger charge is -2.06. The first-order chi connectivity index (χ1) is 7.29. The van der Waals surface area contributed by atoms with Crippen molar-refractivity contribution < 1.29 is 0 Å². The second-order valence-electron chi connectivity index (χ2n) is 4.21. The molecule has 1 N–H and O–H groups in total. The second kappa shape index (κ2) is 5.05. The van der Waals surface area contributed by atoms with Gasteiger partial charge in [0.25, 0.3) is 0 Å². The Balaban J connectivity index is 1.94. The number of rotatable bonds is 4. The molecule has 0 aliphatic carbocycles. The molecule has 4 heteroatoms. The molecule has 1 aromatic heterocycles. The molecule has 84 valence electrons. The number of nitrogens with one attached hydrogen (secondary N) is 1. The van der Waals surface area contributed by atoms with Crippen LogP contribution in [0.5, 0.6) is 0 Å². The summed E-state index contributed by atoms with van der Waals surface area (Å²) < 4.78 is 0. The highest BCUT2D eigenvalue weighted by atomic mass is 32.1.